The average Bonchev–Trinajstić information content (AvgIpc) is 3.70. The van der Waals surface area contributed by atoms with E-state index in [1.165, 1.54) is 72.1 Å². The molecule has 2 heteroatoms. The SMILES string of the molecule is c1ccc(-c2cc(-c3ccc(-c4ccc(-c5cccc(-c6cccc7c6-c6ccccc6C7(c6ccccc6)c6ccccc6)c5)cc4)c4ccccc34)nc(-c3ccccc3)n2)cc1. The summed E-state index contributed by atoms with van der Waals surface area (Å²) in [5.41, 5.74) is 19.4. The number of nitrogens with zero attached hydrogens (tertiary/aromatic N) is 2. The lowest BCUT2D eigenvalue weighted by Gasteiger charge is -2.34. The minimum Gasteiger partial charge on any atom is -0.228 e. The third-order valence-corrected chi connectivity index (χ3v) is 13.2. The number of fused-ring (bicyclic) bond motifs is 4. The molecule has 1 aliphatic carbocycles. The largest absolute Gasteiger partial charge is 0.228 e. The van der Waals surface area contributed by atoms with Crippen LogP contribution in [-0.4, -0.2) is 9.97 Å². The Morgan fingerprint density at radius 3 is 1.46 bits per heavy atom. The van der Waals surface area contributed by atoms with Gasteiger partial charge in [0.15, 0.2) is 5.82 Å². The molecule has 0 amide bonds. The molecular formula is C63H42N2. The molecule has 65 heavy (non-hydrogen) atoms. The highest BCUT2D eigenvalue weighted by Crippen LogP contribution is 2.58. The quantitative estimate of drug-likeness (QED) is 0.152. The van der Waals surface area contributed by atoms with Crippen LogP contribution in [0.2, 0.25) is 0 Å². The first-order chi connectivity index (χ1) is 32.2. The summed E-state index contributed by atoms with van der Waals surface area (Å²) >= 11 is 0. The van der Waals surface area contributed by atoms with Gasteiger partial charge in [0.05, 0.1) is 16.8 Å². The fourth-order valence-electron chi connectivity index (χ4n) is 10.3. The van der Waals surface area contributed by atoms with Crippen LogP contribution in [0.4, 0.5) is 0 Å². The van der Waals surface area contributed by atoms with Gasteiger partial charge >= 0.3 is 0 Å². The molecule has 0 N–H and O–H groups in total. The van der Waals surface area contributed by atoms with Crippen molar-refractivity contribution in [3.8, 4) is 78.4 Å². The summed E-state index contributed by atoms with van der Waals surface area (Å²) in [5.74, 6) is 0.712. The van der Waals surface area contributed by atoms with E-state index in [1.54, 1.807) is 0 Å². The van der Waals surface area contributed by atoms with Crippen LogP contribution >= 0.6 is 0 Å². The van der Waals surface area contributed by atoms with Crippen LogP contribution in [0.15, 0.2) is 255 Å². The molecule has 0 aliphatic heterocycles. The Morgan fingerprint density at radius 2 is 0.754 bits per heavy atom. The van der Waals surface area contributed by atoms with Crippen LogP contribution < -0.4 is 0 Å². The van der Waals surface area contributed by atoms with Crippen molar-refractivity contribution in [3.05, 3.63) is 277 Å². The van der Waals surface area contributed by atoms with Crippen molar-refractivity contribution in [3.63, 3.8) is 0 Å². The highest BCUT2D eigenvalue weighted by atomic mass is 14.9. The lowest BCUT2D eigenvalue weighted by Crippen LogP contribution is -2.28. The molecule has 0 atom stereocenters. The van der Waals surface area contributed by atoms with E-state index in [4.69, 9.17) is 9.97 Å². The van der Waals surface area contributed by atoms with Crippen LogP contribution in [-0.2, 0) is 5.41 Å². The van der Waals surface area contributed by atoms with Crippen molar-refractivity contribution in [1.29, 1.82) is 0 Å². The van der Waals surface area contributed by atoms with Gasteiger partial charge in [0.2, 0.25) is 0 Å². The van der Waals surface area contributed by atoms with E-state index in [2.05, 4.69) is 231 Å². The normalized spacial score (nSPS) is 12.4. The van der Waals surface area contributed by atoms with Crippen molar-refractivity contribution >= 4 is 10.8 Å². The molecule has 0 saturated carbocycles. The van der Waals surface area contributed by atoms with Crippen molar-refractivity contribution in [1.82, 2.24) is 9.97 Å². The van der Waals surface area contributed by atoms with Gasteiger partial charge in [0, 0.05) is 16.7 Å². The predicted octanol–water partition coefficient (Wildman–Crippen LogP) is 16.0. The summed E-state index contributed by atoms with van der Waals surface area (Å²) in [6.45, 7) is 0. The first-order valence-electron chi connectivity index (χ1n) is 22.3. The topological polar surface area (TPSA) is 25.8 Å². The second-order valence-corrected chi connectivity index (χ2v) is 16.8. The van der Waals surface area contributed by atoms with Gasteiger partial charge in [0.1, 0.15) is 0 Å². The Hall–Kier alpha value is -8.46. The van der Waals surface area contributed by atoms with Crippen molar-refractivity contribution in [2.45, 2.75) is 5.41 Å². The fraction of sp³-hybridized carbons (Fsp3) is 0.0159. The number of hydrogen-bond acceptors (Lipinski definition) is 2. The molecule has 2 nitrogen and oxygen atoms in total. The summed E-state index contributed by atoms with van der Waals surface area (Å²) in [7, 11) is 0. The van der Waals surface area contributed by atoms with E-state index < -0.39 is 5.41 Å². The maximum absolute atomic E-state index is 5.18. The van der Waals surface area contributed by atoms with Crippen molar-refractivity contribution in [2.24, 2.45) is 0 Å². The lowest BCUT2D eigenvalue weighted by molar-refractivity contribution is 0.768. The summed E-state index contributed by atoms with van der Waals surface area (Å²) < 4.78 is 0. The molecule has 0 unspecified atom stereocenters. The van der Waals surface area contributed by atoms with E-state index in [1.807, 2.05) is 24.3 Å². The second kappa shape index (κ2) is 16.0. The number of benzene rings is 10. The molecule has 1 aliphatic rings. The Bertz CT molecular complexity index is 3410. The molecule has 0 fully saturated rings. The van der Waals surface area contributed by atoms with Gasteiger partial charge in [-0.1, -0.05) is 243 Å². The van der Waals surface area contributed by atoms with E-state index in [9.17, 15) is 0 Å². The third kappa shape index (κ3) is 6.50. The molecule has 1 aromatic heterocycles. The van der Waals surface area contributed by atoms with Gasteiger partial charge in [-0.3, -0.25) is 0 Å². The summed E-state index contributed by atoms with van der Waals surface area (Å²) in [5, 5.41) is 2.33. The summed E-state index contributed by atoms with van der Waals surface area (Å²) in [6, 6.07) is 91.9. The van der Waals surface area contributed by atoms with Crippen LogP contribution in [0.25, 0.3) is 89.2 Å². The Labute approximate surface area is 379 Å². The Balaban J connectivity index is 0.924. The molecule has 0 radical (unpaired) electrons. The first kappa shape index (κ1) is 38.2. The monoisotopic (exact) mass is 826 g/mol. The highest BCUT2D eigenvalue weighted by molar-refractivity contribution is 6.05. The zero-order valence-electron chi connectivity index (χ0n) is 35.6. The Kier molecular flexibility index (Phi) is 9.43. The highest BCUT2D eigenvalue weighted by Gasteiger charge is 2.46. The number of rotatable bonds is 8. The minimum atomic E-state index is -0.439. The minimum absolute atomic E-state index is 0.439. The van der Waals surface area contributed by atoms with Crippen molar-refractivity contribution in [2.75, 3.05) is 0 Å². The van der Waals surface area contributed by atoms with Gasteiger partial charge in [-0.15, -0.1) is 0 Å². The number of hydrogen-bond donors (Lipinski definition) is 0. The molecule has 0 saturated heterocycles. The maximum Gasteiger partial charge on any atom is 0.160 e. The van der Waals surface area contributed by atoms with Crippen LogP contribution in [0.3, 0.4) is 0 Å². The van der Waals surface area contributed by atoms with Crippen LogP contribution in [0, 0.1) is 0 Å². The standard InChI is InChI=1S/C63H42N2/c1-5-19-45(20-6-1)59-42-60(65-62(64-59)46-21-7-2-8-22-46)55-40-39-51(53-29-13-14-30-54(53)55)44-37-35-43(36-38-44)47-23-17-24-48(41-47)52-32-18-34-58-61(52)56-31-15-16-33-57(56)63(58,49-25-9-3-10-26-49)50-27-11-4-12-28-50/h1-42H. The van der Waals surface area contributed by atoms with E-state index in [0.717, 1.165) is 33.5 Å². The zero-order chi connectivity index (χ0) is 43.2. The van der Waals surface area contributed by atoms with Crippen molar-refractivity contribution < 1.29 is 0 Å². The third-order valence-electron chi connectivity index (χ3n) is 13.2. The predicted molar refractivity (Wildman–Crippen MR) is 269 cm³/mol. The van der Waals surface area contributed by atoms with E-state index in [-0.39, 0.29) is 0 Å². The molecule has 10 aromatic carbocycles. The molecule has 12 rings (SSSR count). The molecule has 1 heterocycles. The van der Waals surface area contributed by atoms with Gasteiger partial charge in [-0.25, -0.2) is 9.97 Å². The first-order valence-corrected chi connectivity index (χ1v) is 22.3. The smallest absolute Gasteiger partial charge is 0.160 e. The lowest BCUT2D eigenvalue weighted by atomic mass is 9.67. The van der Waals surface area contributed by atoms with Gasteiger partial charge in [0.25, 0.3) is 0 Å². The van der Waals surface area contributed by atoms with Gasteiger partial charge in [-0.2, -0.15) is 0 Å². The average molecular weight is 827 g/mol. The molecule has 0 bridgehead atoms. The van der Waals surface area contributed by atoms with Gasteiger partial charge < -0.3 is 0 Å². The van der Waals surface area contributed by atoms with E-state index in [0.29, 0.717) is 5.82 Å². The molecular weight excluding hydrogens is 785 g/mol. The molecule has 11 aromatic rings. The molecule has 304 valence electrons. The van der Waals surface area contributed by atoms with Crippen LogP contribution in [0.1, 0.15) is 22.3 Å². The second-order valence-electron chi connectivity index (χ2n) is 16.8. The fourth-order valence-corrected chi connectivity index (χ4v) is 10.3. The summed E-state index contributed by atoms with van der Waals surface area (Å²) in [6.07, 6.45) is 0. The summed E-state index contributed by atoms with van der Waals surface area (Å²) in [4.78, 5) is 10.2. The van der Waals surface area contributed by atoms with Crippen LogP contribution in [0.5, 0.6) is 0 Å². The van der Waals surface area contributed by atoms with Gasteiger partial charge in [-0.05, 0) is 89.7 Å². The van der Waals surface area contributed by atoms with E-state index >= 15 is 0 Å². The Morgan fingerprint density at radius 1 is 0.262 bits per heavy atom. The number of aromatic nitrogens is 2. The zero-order valence-corrected chi connectivity index (χ0v) is 35.6. The molecule has 0 spiro atoms. The maximum atomic E-state index is 5.18.